The molecule has 0 saturated carbocycles. The fourth-order valence-corrected chi connectivity index (χ4v) is 4.90. The van der Waals surface area contributed by atoms with Gasteiger partial charge in [0, 0.05) is 29.8 Å². The number of phenolic OH excluding ortho intramolecular Hbond substituents is 3. The molecule has 9 N–H and O–H groups in total. The molecule has 42 heavy (non-hydrogen) atoms. The van der Waals surface area contributed by atoms with Crippen LogP contribution < -0.4 is 10.2 Å². The summed E-state index contributed by atoms with van der Waals surface area (Å²) in [6.45, 7) is 0.667. The van der Waals surface area contributed by atoms with Crippen molar-refractivity contribution in [2.24, 2.45) is 0 Å². The molecule has 5 rings (SSSR count). The summed E-state index contributed by atoms with van der Waals surface area (Å²) in [5.74, 6) is -1.41. The van der Waals surface area contributed by atoms with E-state index in [0.29, 0.717) is 0 Å². The molecule has 0 radical (unpaired) electrons. The summed E-state index contributed by atoms with van der Waals surface area (Å²) in [6.07, 6.45) is -15.6. The summed E-state index contributed by atoms with van der Waals surface area (Å²) in [7, 11) is 0. The van der Waals surface area contributed by atoms with E-state index >= 15 is 0 Å². The topological polar surface area (TPSA) is 249 Å². The Balaban J connectivity index is 1.49. The van der Waals surface area contributed by atoms with Gasteiger partial charge in [-0.15, -0.1) is 0 Å². The van der Waals surface area contributed by atoms with Gasteiger partial charge in [0.25, 0.3) is 0 Å². The third-order valence-electron chi connectivity index (χ3n) is 7.15. The Morgan fingerprint density at radius 3 is 2.14 bits per heavy atom. The highest BCUT2D eigenvalue weighted by Crippen LogP contribution is 2.36. The van der Waals surface area contributed by atoms with Crippen molar-refractivity contribution in [2.75, 3.05) is 6.61 Å². The number of phenols is 3. The molecule has 10 atom stereocenters. The molecular formula is C27H30O15. The van der Waals surface area contributed by atoms with Gasteiger partial charge in [-0.1, -0.05) is 0 Å². The maximum absolute atomic E-state index is 12.8. The summed E-state index contributed by atoms with van der Waals surface area (Å²) < 4.78 is 28.2. The van der Waals surface area contributed by atoms with E-state index in [1.165, 1.54) is 25.1 Å². The van der Waals surface area contributed by atoms with Crippen molar-refractivity contribution < 1.29 is 69.3 Å². The van der Waals surface area contributed by atoms with Crippen molar-refractivity contribution in [2.45, 2.75) is 68.3 Å². The predicted octanol–water partition coefficient (Wildman–Crippen LogP) is -1.39. The fourth-order valence-electron chi connectivity index (χ4n) is 4.90. The van der Waals surface area contributed by atoms with Crippen molar-refractivity contribution in [3.8, 4) is 34.3 Å². The van der Waals surface area contributed by atoms with Crippen molar-refractivity contribution in [3.63, 3.8) is 0 Å². The van der Waals surface area contributed by atoms with Crippen molar-refractivity contribution >= 4 is 11.0 Å². The third-order valence-corrected chi connectivity index (χ3v) is 7.15. The Labute approximate surface area is 236 Å². The van der Waals surface area contributed by atoms with E-state index in [2.05, 4.69) is 0 Å². The molecular weight excluding hydrogens is 564 g/mol. The average molecular weight is 595 g/mol. The highest BCUT2D eigenvalue weighted by molar-refractivity contribution is 5.86. The van der Waals surface area contributed by atoms with Gasteiger partial charge in [0.05, 0.1) is 12.7 Å². The van der Waals surface area contributed by atoms with Crippen LogP contribution in [-0.4, -0.2) is 114 Å². The van der Waals surface area contributed by atoms with Crippen LogP contribution in [0, 0.1) is 0 Å². The SMILES string of the molecule is C[C@@H]1O[C@@H](O[C@H]2[C@H](Oc3cc(O)c4c(=O)cc(-c5cc(O)cc(O)c5)oc4c3)O[C@H](CO)[C@@H](O)[C@@H]2O)[C@H](O)[C@H](O)[C@H]1O. The molecule has 2 aliphatic rings. The third kappa shape index (κ3) is 5.61. The van der Waals surface area contributed by atoms with Crippen LogP contribution >= 0.6 is 0 Å². The summed E-state index contributed by atoms with van der Waals surface area (Å²) in [5, 5.41) is 91.4. The van der Waals surface area contributed by atoms with E-state index in [-0.39, 0.29) is 39.5 Å². The van der Waals surface area contributed by atoms with Crippen molar-refractivity contribution in [1.82, 2.24) is 0 Å². The fraction of sp³-hybridized carbons (Fsp3) is 0.444. The molecule has 3 aromatic rings. The van der Waals surface area contributed by atoms with Crippen molar-refractivity contribution in [3.05, 3.63) is 46.6 Å². The summed E-state index contributed by atoms with van der Waals surface area (Å²) in [5.41, 5.74) is -0.692. The molecule has 2 fully saturated rings. The monoisotopic (exact) mass is 594 g/mol. The van der Waals surface area contributed by atoms with Crippen LogP contribution in [0.15, 0.2) is 45.6 Å². The van der Waals surface area contributed by atoms with Gasteiger partial charge in [-0.2, -0.15) is 0 Å². The minimum atomic E-state index is -1.78. The molecule has 0 aliphatic carbocycles. The first-order valence-electron chi connectivity index (χ1n) is 12.9. The van der Waals surface area contributed by atoms with Gasteiger partial charge in [0.2, 0.25) is 6.29 Å². The number of aromatic hydroxyl groups is 3. The molecule has 0 amide bonds. The Morgan fingerprint density at radius 1 is 0.786 bits per heavy atom. The lowest BCUT2D eigenvalue weighted by molar-refractivity contribution is -0.354. The largest absolute Gasteiger partial charge is 0.508 e. The van der Waals surface area contributed by atoms with Gasteiger partial charge >= 0.3 is 0 Å². The van der Waals surface area contributed by atoms with Gasteiger partial charge in [0.15, 0.2) is 17.8 Å². The summed E-state index contributed by atoms with van der Waals surface area (Å²) in [4.78, 5) is 12.8. The molecule has 2 saturated heterocycles. The molecule has 15 nitrogen and oxygen atoms in total. The number of aliphatic hydroxyl groups is 6. The maximum Gasteiger partial charge on any atom is 0.229 e. The van der Waals surface area contributed by atoms with Crippen LogP contribution in [0.5, 0.6) is 23.0 Å². The minimum Gasteiger partial charge on any atom is -0.508 e. The Kier molecular flexibility index (Phi) is 8.30. The zero-order valence-electron chi connectivity index (χ0n) is 21.9. The highest BCUT2D eigenvalue weighted by Gasteiger charge is 2.50. The number of hydrogen-bond donors (Lipinski definition) is 9. The second kappa shape index (κ2) is 11.6. The molecule has 0 unspecified atom stereocenters. The van der Waals surface area contributed by atoms with E-state index in [9.17, 15) is 50.8 Å². The first-order chi connectivity index (χ1) is 19.9. The van der Waals surface area contributed by atoms with E-state index in [1.807, 2.05) is 0 Å². The zero-order chi connectivity index (χ0) is 30.5. The van der Waals surface area contributed by atoms with Crippen LogP contribution in [0.4, 0.5) is 0 Å². The highest BCUT2D eigenvalue weighted by atomic mass is 16.8. The maximum atomic E-state index is 12.8. The van der Waals surface area contributed by atoms with Crippen LogP contribution in [-0.2, 0) is 14.2 Å². The number of rotatable bonds is 6. The van der Waals surface area contributed by atoms with E-state index in [0.717, 1.165) is 18.2 Å². The van der Waals surface area contributed by atoms with E-state index in [1.54, 1.807) is 0 Å². The minimum absolute atomic E-state index is 0.0671. The number of benzene rings is 2. The molecule has 2 aromatic carbocycles. The van der Waals surface area contributed by atoms with Crippen LogP contribution in [0.1, 0.15) is 6.92 Å². The lowest BCUT2D eigenvalue weighted by Gasteiger charge is -2.45. The standard InChI is InChI=1S/C27H30O15/c1-9-20(33)22(35)24(37)26(38-9)42-25-23(36)21(34)18(8-28)41-27(25)39-13-5-14(31)19-15(32)7-16(40-17(19)6-13)10-2-11(29)4-12(30)3-10/h2-7,9,18,20-31,33-37H,8H2,1H3/t9-,18+,20-,21+,22+,23-,24+,25+,26-,27+/m0/s1. The zero-order valence-corrected chi connectivity index (χ0v) is 21.9. The van der Waals surface area contributed by atoms with Gasteiger partial charge in [0.1, 0.15) is 76.4 Å². The van der Waals surface area contributed by atoms with E-state index < -0.39 is 79.2 Å². The van der Waals surface area contributed by atoms with Gasteiger partial charge in [-0.05, 0) is 19.1 Å². The molecule has 3 heterocycles. The Hall–Kier alpha value is -3.51. The summed E-state index contributed by atoms with van der Waals surface area (Å²) >= 11 is 0. The molecule has 0 bridgehead atoms. The number of fused-ring (bicyclic) bond motifs is 1. The lowest BCUT2D eigenvalue weighted by Crippen LogP contribution is -2.64. The van der Waals surface area contributed by atoms with Crippen LogP contribution in [0.25, 0.3) is 22.3 Å². The second-order valence-corrected chi connectivity index (χ2v) is 10.1. The first kappa shape index (κ1) is 30.0. The van der Waals surface area contributed by atoms with Gasteiger partial charge in [-0.3, -0.25) is 4.79 Å². The first-order valence-corrected chi connectivity index (χ1v) is 12.9. The lowest BCUT2D eigenvalue weighted by atomic mass is 9.97. The molecule has 2 aliphatic heterocycles. The van der Waals surface area contributed by atoms with Crippen LogP contribution in [0.2, 0.25) is 0 Å². The molecule has 228 valence electrons. The number of aliphatic hydroxyl groups excluding tert-OH is 6. The van der Waals surface area contributed by atoms with Crippen LogP contribution in [0.3, 0.4) is 0 Å². The smallest absolute Gasteiger partial charge is 0.229 e. The number of hydrogen-bond acceptors (Lipinski definition) is 15. The van der Waals surface area contributed by atoms with Gasteiger partial charge in [-0.25, -0.2) is 0 Å². The second-order valence-electron chi connectivity index (χ2n) is 10.1. The normalized spacial score (nSPS) is 33.5. The average Bonchev–Trinajstić information content (AvgIpc) is 2.93. The summed E-state index contributed by atoms with van der Waals surface area (Å²) in [6, 6.07) is 6.84. The quantitative estimate of drug-likeness (QED) is 0.159. The molecule has 15 heteroatoms. The van der Waals surface area contributed by atoms with E-state index in [4.69, 9.17) is 23.4 Å². The molecule has 0 spiro atoms. The predicted molar refractivity (Wildman–Crippen MR) is 139 cm³/mol. The van der Waals surface area contributed by atoms with Gasteiger partial charge < -0.3 is 69.3 Å². The number of ether oxygens (including phenoxy) is 4. The Morgan fingerprint density at radius 2 is 1.48 bits per heavy atom. The Bertz CT molecular complexity index is 1470. The van der Waals surface area contributed by atoms with Crippen molar-refractivity contribution in [1.29, 1.82) is 0 Å². The molecule has 1 aromatic heterocycles.